The maximum atomic E-state index is 12.0. The van der Waals surface area contributed by atoms with Crippen LogP contribution in [-0.2, 0) is 4.79 Å². The number of aliphatic hydroxyl groups is 1. The fourth-order valence-corrected chi connectivity index (χ4v) is 3.55. The first-order valence-electron chi connectivity index (χ1n) is 6.80. The smallest absolute Gasteiger partial charge is 0.136 e. The van der Waals surface area contributed by atoms with Gasteiger partial charge in [0.1, 0.15) is 5.78 Å². The molecule has 2 aliphatic rings. The van der Waals surface area contributed by atoms with Crippen molar-refractivity contribution in [2.24, 2.45) is 23.7 Å². The molecule has 0 aromatic carbocycles. The highest BCUT2D eigenvalue weighted by Gasteiger charge is 2.40. The SMILES string of the molecule is CC(C)C1CCC(=O)C(C2CCCC2O)C1. The van der Waals surface area contributed by atoms with E-state index in [0.29, 0.717) is 17.6 Å². The number of carbonyl (C=O) groups excluding carboxylic acids is 1. The van der Waals surface area contributed by atoms with Crippen LogP contribution in [-0.4, -0.2) is 17.0 Å². The Morgan fingerprint density at radius 1 is 1.25 bits per heavy atom. The predicted molar refractivity (Wildman–Crippen MR) is 64.0 cm³/mol. The summed E-state index contributed by atoms with van der Waals surface area (Å²) >= 11 is 0. The molecule has 0 aliphatic heterocycles. The van der Waals surface area contributed by atoms with Crippen LogP contribution >= 0.6 is 0 Å². The van der Waals surface area contributed by atoms with E-state index in [1.165, 1.54) is 0 Å². The fourth-order valence-electron chi connectivity index (χ4n) is 3.55. The number of carbonyl (C=O) groups is 1. The highest BCUT2D eigenvalue weighted by molar-refractivity contribution is 5.82. The molecule has 0 spiro atoms. The van der Waals surface area contributed by atoms with E-state index in [-0.39, 0.29) is 17.9 Å². The third kappa shape index (κ3) is 2.32. The zero-order valence-corrected chi connectivity index (χ0v) is 10.5. The quantitative estimate of drug-likeness (QED) is 0.783. The summed E-state index contributed by atoms with van der Waals surface area (Å²) in [7, 11) is 0. The van der Waals surface area contributed by atoms with Crippen LogP contribution in [0.25, 0.3) is 0 Å². The topological polar surface area (TPSA) is 37.3 Å². The third-order valence-corrected chi connectivity index (χ3v) is 4.72. The molecule has 0 saturated heterocycles. The van der Waals surface area contributed by atoms with E-state index >= 15 is 0 Å². The molecule has 2 heteroatoms. The highest BCUT2D eigenvalue weighted by Crippen LogP contribution is 2.41. The Kier molecular flexibility index (Phi) is 3.68. The summed E-state index contributed by atoms with van der Waals surface area (Å²) in [4.78, 5) is 12.0. The summed E-state index contributed by atoms with van der Waals surface area (Å²) in [5.41, 5.74) is 0. The molecule has 0 aromatic rings. The predicted octanol–water partition coefficient (Wildman–Crippen LogP) is 2.79. The maximum Gasteiger partial charge on any atom is 0.136 e. The van der Waals surface area contributed by atoms with E-state index in [1.54, 1.807) is 0 Å². The average molecular weight is 224 g/mol. The van der Waals surface area contributed by atoms with Crippen LogP contribution in [0.4, 0.5) is 0 Å². The van der Waals surface area contributed by atoms with E-state index < -0.39 is 0 Å². The van der Waals surface area contributed by atoms with Gasteiger partial charge in [0.05, 0.1) is 6.10 Å². The van der Waals surface area contributed by atoms with E-state index in [9.17, 15) is 9.90 Å². The zero-order chi connectivity index (χ0) is 11.7. The lowest BCUT2D eigenvalue weighted by atomic mass is 9.70. The molecule has 0 radical (unpaired) electrons. The lowest BCUT2D eigenvalue weighted by molar-refractivity contribution is -0.129. The molecule has 2 fully saturated rings. The van der Waals surface area contributed by atoms with Crippen molar-refractivity contribution < 1.29 is 9.90 Å². The monoisotopic (exact) mass is 224 g/mol. The van der Waals surface area contributed by atoms with Crippen LogP contribution in [0.3, 0.4) is 0 Å². The van der Waals surface area contributed by atoms with Crippen molar-refractivity contribution in [3.05, 3.63) is 0 Å². The molecule has 0 amide bonds. The largest absolute Gasteiger partial charge is 0.393 e. The highest BCUT2D eigenvalue weighted by atomic mass is 16.3. The molecule has 2 saturated carbocycles. The second-order valence-electron chi connectivity index (χ2n) is 6.01. The summed E-state index contributed by atoms with van der Waals surface area (Å²) in [6.45, 7) is 4.51. The van der Waals surface area contributed by atoms with E-state index in [2.05, 4.69) is 13.8 Å². The van der Waals surface area contributed by atoms with Gasteiger partial charge in [0, 0.05) is 12.3 Å². The van der Waals surface area contributed by atoms with Gasteiger partial charge in [0.15, 0.2) is 0 Å². The minimum Gasteiger partial charge on any atom is -0.393 e. The summed E-state index contributed by atoms with van der Waals surface area (Å²) in [6.07, 6.45) is 5.69. The second kappa shape index (κ2) is 4.87. The number of rotatable bonds is 2. The average Bonchev–Trinajstić information content (AvgIpc) is 2.65. The van der Waals surface area contributed by atoms with Crippen molar-refractivity contribution in [3.63, 3.8) is 0 Å². The van der Waals surface area contributed by atoms with Crippen LogP contribution in [0.5, 0.6) is 0 Å². The minimum atomic E-state index is -0.208. The van der Waals surface area contributed by atoms with Crippen molar-refractivity contribution >= 4 is 5.78 Å². The van der Waals surface area contributed by atoms with Crippen molar-refractivity contribution in [2.45, 2.75) is 58.5 Å². The third-order valence-electron chi connectivity index (χ3n) is 4.72. The summed E-state index contributed by atoms with van der Waals surface area (Å²) in [5.74, 6) is 2.22. The lowest BCUT2D eigenvalue weighted by Crippen LogP contribution is -2.35. The first-order chi connectivity index (χ1) is 7.59. The molecule has 0 bridgehead atoms. The van der Waals surface area contributed by atoms with Crippen LogP contribution in [0.2, 0.25) is 0 Å². The van der Waals surface area contributed by atoms with E-state index in [4.69, 9.17) is 0 Å². The normalized spacial score (nSPS) is 40.6. The van der Waals surface area contributed by atoms with Gasteiger partial charge in [-0.05, 0) is 43.4 Å². The molecular formula is C14H24O2. The van der Waals surface area contributed by atoms with Crippen LogP contribution < -0.4 is 0 Å². The molecule has 2 nitrogen and oxygen atoms in total. The number of hydrogen-bond donors (Lipinski definition) is 1. The Balaban J connectivity index is 2.03. The van der Waals surface area contributed by atoms with Crippen LogP contribution in [0.1, 0.15) is 52.4 Å². The van der Waals surface area contributed by atoms with Gasteiger partial charge in [-0.15, -0.1) is 0 Å². The zero-order valence-electron chi connectivity index (χ0n) is 10.5. The molecule has 2 rings (SSSR count). The minimum absolute atomic E-state index is 0.165. The van der Waals surface area contributed by atoms with E-state index in [0.717, 1.165) is 38.5 Å². The molecule has 2 aliphatic carbocycles. The maximum absolute atomic E-state index is 12.0. The van der Waals surface area contributed by atoms with Gasteiger partial charge in [-0.25, -0.2) is 0 Å². The number of ketones is 1. The van der Waals surface area contributed by atoms with Gasteiger partial charge >= 0.3 is 0 Å². The number of Topliss-reactive ketones (excluding diaryl/α,β-unsaturated/α-hetero) is 1. The Hall–Kier alpha value is -0.370. The summed E-state index contributed by atoms with van der Waals surface area (Å²) in [5, 5.41) is 9.93. The Labute approximate surface area is 98.4 Å². The van der Waals surface area contributed by atoms with Gasteiger partial charge in [-0.2, -0.15) is 0 Å². The number of aliphatic hydroxyl groups excluding tert-OH is 1. The first kappa shape index (κ1) is 12.1. The van der Waals surface area contributed by atoms with Crippen molar-refractivity contribution in [3.8, 4) is 0 Å². The lowest BCUT2D eigenvalue weighted by Gasteiger charge is -2.34. The van der Waals surface area contributed by atoms with Gasteiger partial charge in [-0.1, -0.05) is 20.3 Å². The molecule has 4 unspecified atom stereocenters. The Bertz CT molecular complexity index is 259. The summed E-state index contributed by atoms with van der Waals surface area (Å²) < 4.78 is 0. The number of hydrogen-bond acceptors (Lipinski definition) is 2. The van der Waals surface area contributed by atoms with Gasteiger partial charge in [0.25, 0.3) is 0 Å². The molecule has 16 heavy (non-hydrogen) atoms. The second-order valence-corrected chi connectivity index (χ2v) is 6.01. The fraction of sp³-hybridized carbons (Fsp3) is 0.929. The standard InChI is InChI=1S/C14H24O2/c1-9(2)10-6-7-14(16)12(8-10)11-4-3-5-13(11)15/h9-13,15H,3-8H2,1-2H3. The molecule has 0 heterocycles. The molecular weight excluding hydrogens is 200 g/mol. The summed E-state index contributed by atoms with van der Waals surface area (Å²) in [6, 6.07) is 0. The first-order valence-corrected chi connectivity index (χ1v) is 6.80. The van der Waals surface area contributed by atoms with Gasteiger partial charge < -0.3 is 5.11 Å². The van der Waals surface area contributed by atoms with Crippen LogP contribution in [0, 0.1) is 23.7 Å². The van der Waals surface area contributed by atoms with Crippen LogP contribution in [0.15, 0.2) is 0 Å². The van der Waals surface area contributed by atoms with Gasteiger partial charge in [0.2, 0.25) is 0 Å². The molecule has 92 valence electrons. The Morgan fingerprint density at radius 3 is 2.56 bits per heavy atom. The van der Waals surface area contributed by atoms with Crippen molar-refractivity contribution in [1.82, 2.24) is 0 Å². The Morgan fingerprint density at radius 2 is 2.00 bits per heavy atom. The van der Waals surface area contributed by atoms with Crippen molar-refractivity contribution in [1.29, 1.82) is 0 Å². The van der Waals surface area contributed by atoms with Gasteiger partial charge in [-0.3, -0.25) is 4.79 Å². The van der Waals surface area contributed by atoms with E-state index in [1.807, 2.05) is 0 Å². The molecule has 0 aromatic heterocycles. The van der Waals surface area contributed by atoms with Crippen molar-refractivity contribution in [2.75, 3.05) is 0 Å². The molecule has 4 atom stereocenters. The molecule has 1 N–H and O–H groups in total.